The minimum atomic E-state index is -1.15. The van der Waals surface area contributed by atoms with E-state index in [9.17, 15) is 21.0 Å². The summed E-state index contributed by atoms with van der Waals surface area (Å²) in [5.41, 5.74) is 28.2. The molecule has 0 amide bonds. The van der Waals surface area contributed by atoms with Gasteiger partial charge in [-0.25, -0.2) is 74.8 Å². The monoisotopic (exact) mass is 2050 g/mol. The highest BCUT2D eigenvalue weighted by Crippen LogP contribution is 2.52. The van der Waals surface area contributed by atoms with Gasteiger partial charge in [0.15, 0.2) is 16.7 Å². The molecule has 20 aromatic rings. The summed E-state index contributed by atoms with van der Waals surface area (Å²) in [4.78, 5) is 73.9. The molecular formula is C96H88N18O5S15. The zero-order valence-corrected chi connectivity index (χ0v) is 85.6. The number of aromatic nitrogens is 15. The van der Waals surface area contributed by atoms with Gasteiger partial charge in [0.25, 0.3) is 0 Å². The number of unbranched alkanes of at least 4 members (excludes halogenated alkanes) is 5. The quantitative estimate of drug-likeness (QED) is 0.0392. The van der Waals surface area contributed by atoms with Crippen LogP contribution in [-0.4, -0.2) is 125 Å². The second kappa shape index (κ2) is 45.1. The van der Waals surface area contributed by atoms with Gasteiger partial charge in [0, 0.05) is 138 Å². The van der Waals surface area contributed by atoms with Gasteiger partial charge < -0.3 is 16.8 Å². The van der Waals surface area contributed by atoms with E-state index < -0.39 is 54.0 Å². The van der Waals surface area contributed by atoms with E-state index in [1.165, 1.54) is 86.0 Å². The first-order chi connectivity index (χ1) is 65.6. The van der Waals surface area contributed by atoms with Crippen molar-refractivity contribution in [3.8, 4) is 109 Å². The summed E-state index contributed by atoms with van der Waals surface area (Å²) in [5, 5.41) is 20.4. The summed E-state index contributed by atoms with van der Waals surface area (Å²) in [6, 6.07) is 41.3. The summed E-state index contributed by atoms with van der Waals surface area (Å²) in [6.45, 7) is 12.6. The molecular weight excluding hydrogens is 1970 g/mol. The Morgan fingerprint density at radius 2 is 0.821 bits per heavy atom. The van der Waals surface area contributed by atoms with Crippen molar-refractivity contribution in [3.63, 3.8) is 0 Å². The molecule has 682 valence electrons. The van der Waals surface area contributed by atoms with Gasteiger partial charge in [-0.15, -0.1) is 113 Å². The molecule has 5 N–H and O–H groups in total. The molecule has 5 atom stereocenters. The number of rotatable bonds is 29. The predicted molar refractivity (Wildman–Crippen MR) is 568 cm³/mol. The van der Waals surface area contributed by atoms with E-state index in [2.05, 4.69) is 192 Å². The average molecular weight is 2050 g/mol. The number of nitrogen functional groups attached to an aromatic ring is 2. The SMILES string of the molecule is CCCCS(=O)c1cc2c(-c3ccccc3)cc(-c3cccs3)nc2s1.CCCCS(=O)c1sc2nc(-c3cccs3)cc(-c3ccccc3)c2c1C.CCCCS(=O)c1sc2nc(-c3nccs3)cc(-c3ncccn3)c2c1N.CCCCS(=O)c1sc2nc(-c3nccs3)cc3c2c1Nc1ncncc1-3.CCCCS(=O)c1sc2nc(-c3nccs3)nc(-c3cncnc3)c2c1N. The summed E-state index contributed by atoms with van der Waals surface area (Å²) in [6.07, 6.45) is 26.6. The molecule has 0 saturated heterocycles. The highest BCUT2D eigenvalue weighted by atomic mass is 32.2. The minimum absolute atomic E-state index is 0.481. The minimum Gasteiger partial charge on any atom is -0.396 e. The van der Waals surface area contributed by atoms with Crippen LogP contribution in [0.1, 0.15) is 104 Å². The summed E-state index contributed by atoms with van der Waals surface area (Å²) >= 11 is 15.3. The number of nitrogens with one attached hydrogen (secondary N) is 1. The molecule has 19 heterocycles. The maximum absolute atomic E-state index is 12.9. The van der Waals surface area contributed by atoms with Crippen LogP contribution in [0.5, 0.6) is 0 Å². The van der Waals surface area contributed by atoms with Gasteiger partial charge in [-0.05, 0) is 126 Å². The zero-order valence-electron chi connectivity index (χ0n) is 73.3. The number of nitrogens with two attached hydrogens (primary N) is 2. The Kier molecular flexibility index (Phi) is 32.0. The van der Waals surface area contributed by atoms with Crippen molar-refractivity contribution in [3.05, 3.63) is 216 Å². The van der Waals surface area contributed by atoms with Crippen LogP contribution in [0.2, 0.25) is 0 Å². The third kappa shape index (κ3) is 21.4. The van der Waals surface area contributed by atoms with Crippen LogP contribution in [-0.2, 0) is 54.0 Å². The highest BCUT2D eigenvalue weighted by molar-refractivity contribution is 7.89. The number of fused-ring (bicyclic) bond motifs is 6. The number of thiophene rings is 7. The molecule has 0 fully saturated rings. The molecule has 0 saturated carbocycles. The fourth-order valence-electron chi connectivity index (χ4n) is 14.5. The number of hydrogen-bond acceptors (Lipinski definition) is 33. The molecule has 0 bridgehead atoms. The largest absolute Gasteiger partial charge is 0.396 e. The summed E-state index contributed by atoms with van der Waals surface area (Å²) in [5.74, 6) is 5.12. The van der Waals surface area contributed by atoms with Crippen molar-refractivity contribution >= 4 is 241 Å². The van der Waals surface area contributed by atoms with Crippen LogP contribution in [0, 0.1) is 6.92 Å². The lowest BCUT2D eigenvalue weighted by Gasteiger charge is -2.18. The number of anilines is 4. The van der Waals surface area contributed by atoms with Crippen molar-refractivity contribution in [2.75, 3.05) is 45.5 Å². The van der Waals surface area contributed by atoms with Gasteiger partial charge in [0.2, 0.25) is 0 Å². The van der Waals surface area contributed by atoms with E-state index in [1.807, 2.05) is 52.7 Å². The van der Waals surface area contributed by atoms with Crippen LogP contribution in [0.15, 0.2) is 232 Å². The Hall–Kier alpha value is -10.4. The third-order valence-corrected chi connectivity index (χ3v) is 40.3. The first-order valence-electron chi connectivity index (χ1n) is 43.2. The zero-order chi connectivity index (χ0) is 92.7. The number of nitrogens with zero attached hydrogens (tertiary/aromatic N) is 15. The number of pyridine rings is 4. The van der Waals surface area contributed by atoms with Crippen LogP contribution in [0.3, 0.4) is 0 Å². The van der Waals surface area contributed by atoms with Crippen LogP contribution >= 0.6 is 113 Å². The lowest BCUT2D eigenvalue weighted by atomic mass is 10.0. The Balaban J connectivity index is 0.000000117. The number of aryl methyl sites for hydroxylation is 1. The van der Waals surface area contributed by atoms with Gasteiger partial charge in [-0.3, -0.25) is 21.0 Å². The standard InChI is InChI=1S/C22H21NOS3.C21H19NOS3.C18H15N5OS3.C18H17N5OS3.C17H16N6OS3/c1-3-4-13-27(24)22-15(2)20-17(16-9-6-5-7-10-16)14-18(23-21(20)26-22)19-11-8-12-25-19;1-2-3-12-26(23)20-14-17-16(15-8-5-4-6-9-15)13-18(22-21(17)25-20)19-10-7-11-24-19;1-2-3-6-27(24)18-14-13-10(11-8-19-9-21-15(11)23-14)7-12(22-17(13)26-18)16-20-4-5-25-16;1-2-3-9-27(24)18-14(19)13-11(15-20-5-4-6-21-15)10-12(23-17(13)26-18)16-22-7-8-25-16;1-2-3-6-27(24)17-12(18)11-13(10-7-19-9-20-8-10)22-14(23-15(11)26-17)16-21-4-5-25-16/h5-12,14H,3-4,13H2,1-2H3;4-11,13-14H,2-3,12H2,1H3;4-5,7-9H,2-3,6H2,1H3,(H,19,21,23);4-8,10H,2-3,9,19H2,1H3;4-5,7-9H,2-3,6,18H2,1H3. The first kappa shape index (κ1) is 95.3. The predicted octanol–water partition coefficient (Wildman–Crippen LogP) is 26.5. The molecule has 134 heavy (non-hydrogen) atoms. The molecule has 0 aliphatic carbocycles. The average Bonchev–Trinajstić information content (AvgIpc) is 1.57. The van der Waals surface area contributed by atoms with E-state index in [1.54, 1.807) is 106 Å². The maximum Gasteiger partial charge on any atom is 0.190 e. The first-order valence-corrected chi connectivity index (χ1v) is 58.3. The lowest BCUT2D eigenvalue weighted by Crippen LogP contribution is -2.05. The molecule has 0 radical (unpaired) electrons. The molecule has 2 aromatic carbocycles. The van der Waals surface area contributed by atoms with E-state index in [0.717, 1.165) is 222 Å². The maximum atomic E-state index is 12.9. The van der Waals surface area contributed by atoms with Crippen molar-refractivity contribution in [2.45, 2.75) is 127 Å². The molecule has 1 aliphatic rings. The number of benzene rings is 2. The van der Waals surface area contributed by atoms with Gasteiger partial charge in [0.1, 0.15) is 76.7 Å². The van der Waals surface area contributed by atoms with Gasteiger partial charge in [0.05, 0.1) is 112 Å². The molecule has 21 rings (SSSR count). The van der Waals surface area contributed by atoms with Gasteiger partial charge in [-0.1, -0.05) is 140 Å². The molecule has 18 aromatic heterocycles. The molecule has 1 aliphatic heterocycles. The van der Waals surface area contributed by atoms with Crippen molar-refractivity contribution in [1.82, 2.24) is 74.8 Å². The van der Waals surface area contributed by atoms with Crippen molar-refractivity contribution in [1.29, 1.82) is 0 Å². The van der Waals surface area contributed by atoms with E-state index >= 15 is 0 Å². The number of hydrogen-bond donors (Lipinski definition) is 3. The fourth-order valence-corrected chi connectivity index (χ4v) is 31.7. The van der Waals surface area contributed by atoms with Crippen molar-refractivity contribution < 1.29 is 21.0 Å². The number of thiazole rings is 3. The Labute approximate surface area is 826 Å². The Bertz CT molecular complexity index is 7010. The molecule has 5 unspecified atom stereocenters. The Morgan fingerprint density at radius 1 is 0.351 bits per heavy atom. The second-order valence-electron chi connectivity index (χ2n) is 30.3. The normalized spacial score (nSPS) is 12.7. The molecule has 38 heteroatoms. The fraction of sp³-hybridized carbons (Fsp3) is 0.219. The summed E-state index contributed by atoms with van der Waals surface area (Å²) < 4.78 is 67.9. The smallest absolute Gasteiger partial charge is 0.190 e. The topological polar surface area (TPSA) is 343 Å². The molecule has 23 nitrogen and oxygen atoms in total. The van der Waals surface area contributed by atoms with Crippen LogP contribution in [0.4, 0.5) is 22.9 Å². The van der Waals surface area contributed by atoms with E-state index in [0.29, 0.717) is 64.6 Å². The van der Waals surface area contributed by atoms with Crippen molar-refractivity contribution in [2.24, 2.45) is 0 Å². The van der Waals surface area contributed by atoms with Gasteiger partial charge >= 0.3 is 0 Å². The van der Waals surface area contributed by atoms with E-state index in [4.69, 9.17) is 36.4 Å². The lowest BCUT2D eigenvalue weighted by molar-refractivity contribution is 0.680. The summed E-state index contributed by atoms with van der Waals surface area (Å²) in [7, 11) is -5.25. The highest BCUT2D eigenvalue weighted by Gasteiger charge is 2.31. The molecule has 0 spiro atoms. The second-order valence-corrected chi connectivity index (χ2v) is 48.8. The Morgan fingerprint density at radius 3 is 1.38 bits per heavy atom. The van der Waals surface area contributed by atoms with Gasteiger partial charge in [-0.2, -0.15) is 0 Å². The van der Waals surface area contributed by atoms with Crippen LogP contribution in [0.25, 0.3) is 160 Å². The third-order valence-electron chi connectivity index (χ3n) is 21.2. The van der Waals surface area contributed by atoms with E-state index in [-0.39, 0.29) is 0 Å². The van der Waals surface area contributed by atoms with Crippen LogP contribution < -0.4 is 16.8 Å².